The van der Waals surface area contributed by atoms with E-state index in [2.05, 4.69) is 31.4 Å². The van der Waals surface area contributed by atoms with Gasteiger partial charge in [0.05, 0.1) is 12.8 Å². The van der Waals surface area contributed by atoms with Gasteiger partial charge in [0, 0.05) is 6.04 Å². The van der Waals surface area contributed by atoms with Crippen LogP contribution < -0.4 is 10.6 Å². The zero-order chi connectivity index (χ0) is 16.9. The van der Waals surface area contributed by atoms with Gasteiger partial charge in [-0.2, -0.15) is 0 Å². The molecule has 0 radical (unpaired) electrons. The fourth-order valence-corrected chi connectivity index (χ4v) is 3.24. The van der Waals surface area contributed by atoms with Gasteiger partial charge in [0.1, 0.15) is 0 Å². The average Bonchev–Trinajstić information content (AvgIpc) is 3.07. The van der Waals surface area contributed by atoms with E-state index in [-0.39, 0.29) is 30.2 Å². The van der Waals surface area contributed by atoms with Crippen LogP contribution in [0.25, 0.3) is 0 Å². The molecule has 1 fully saturated rings. The molecular formula is C18H28N2O3. The summed E-state index contributed by atoms with van der Waals surface area (Å²) in [6.45, 7) is 6.90. The van der Waals surface area contributed by atoms with Crippen LogP contribution in [0.1, 0.15) is 63.4 Å². The van der Waals surface area contributed by atoms with Crippen molar-refractivity contribution in [1.29, 1.82) is 0 Å². The molecule has 2 amide bonds. The predicted octanol–water partition coefficient (Wildman–Crippen LogP) is 3.12. The van der Waals surface area contributed by atoms with Crippen LogP contribution >= 0.6 is 0 Å². The van der Waals surface area contributed by atoms with Gasteiger partial charge in [0.15, 0.2) is 5.76 Å². The van der Waals surface area contributed by atoms with Gasteiger partial charge in [-0.25, -0.2) is 0 Å². The van der Waals surface area contributed by atoms with E-state index in [9.17, 15) is 9.59 Å². The molecular weight excluding hydrogens is 292 g/mol. The van der Waals surface area contributed by atoms with Crippen LogP contribution in [-0.4, -0.2) is 24.4 Å². The smallest absolute Gasteiger partial charge is 0.287 e. The molecule has 0 spiro atoms. The number of hydrogen-bond acceptors (Lipinski definition) is 3. The Bertz CT molecular complexity index is 514. The van der Waals surface area contributed by atoms with E-state index >= 15 is 0 Å². The van der Waals surface area contributed by atoms with Crippen molar-refractivity contribution in [3.05, 3.63) is 24.2 Å². The number of carbonyl (C=O) groups is 2. The Balaban J connectivity index is 1.70. The summed E-state index contributed by atoms with van der Waals surface area (Å²) < 4.78 is 4.99. The molecule has 1 heterocycles. The lowest BCUT2D eigenvalue weighted by molar-refractivity contribution is -0.121. The Kier molecular flexibility index (Phi) is 5.85. The molecule has 0 bridgehead atoms. The van der Waals surface area contributed by atoms with E-state index in [0.29, 0.717) is 5.41 Å². The first-order chi connectivity index (χ1) is 10.9. The number of furan rings is 1. The number of carbonyl (C=O) groups excluding carboxylic acids is 2. The minimum atomic E-state index is -0.362. The monoisotopic (exact) mass is 320 g/mol. The fraction of sp³-hybridized carbons (Fsp3) is 0.667. The number of rotatable bonds is 6. The highest BCUT2D eigenvalue weighted by molar-refractivity contribution is 5.94. The van der Waals surface area contributed by atoms with Gasteiger partial charge in [-0.05, 0) is 49.1 Å². The van der Waals surface area contributed by atoms with Gasteiger partial charge in [0.25, 0.3) is 5.91 Å². The van der Waals surface area contributed by atoms with Crippen molar-refractivity contribution >= 4 is 11.8 Å². The Morgan fingerprint density at radius 2 is 1.96 bits per heavy atom. The fourth-order valence-electron chi connectivity index (χ4n) is 3.24. The van der Waals surface area contributed by atoms with E-state index in [0.717, 1.165) is 31.6 Å². The summed E-state index contributed by atoms with van der Waals surface area (Å²) in [7, 11) is 0. The summed E-state index contributed by atoms with van der Waals surface area (Å²) in [6, 6.07) is 3.45. The summed E-state index contributed by atoms with van der Waals surface area (Å²) in [6.07, 6.45) is 6.98. The van der Waals surface area contributed by atoms with Crippen LogP contribution in [0.15, 0.2) is 22.8 Å². The van der Waals surface area contributed by atoms with Crippen molar-refractivity contribution < 1.29 is 14.0 Å². The van der Waals surface area contributed by atoms with Crippen molar-refractivity contribution in [2.24, 2.45) is 11.3 Å². The molecule has 5 heteroatoms. The van der Waals surface area contributed by atoms with Crippen LogP contribution in [0.4, 0.5) is 0 Å². The summed E-state index contributed by atoms with van der Waals surface area (Å²) in [4.78, 5) is 23.7. The Labute approximate surface area is 138 Å². The van der Waals surface area contributed by atoms with Crippen LogP contribution in [0.2, 0.25) is 0 Å². The van der Waals surface area contributed by atoms with Gasteiger partial charge in [0.2, 0.25) is 5.91 Å². The lowest BCUT2D eigenvalue weighted by Crippen LogP contribution is -2.44. The first-order valence-corrected chi connectivity index (χ1v) is 8.53. The molecule has 0 aliphatic heterocycles. The van der Waals surface area contributed by atoms with E-state index in [4.69, 9.17) is 4.42 Å². The lowest BCUT2D eigenvalue weighted by Gasteiger charge is -2.39. The number of amides is 2. The second kappa shape index (κ2) is 7.66. The van der Waals surface area contributed by atoms with Gasteiger partial charge < -0.3 is 15.1 Å². The summed E-state index contributed by atoms with van der Waals surface area (Å²) in [5, 5.41) is 5.60. The molecule has 1 aliphatic rings. The average molecular weight is 320 g/mol. The Morgan fingerprint density at radius 3 is 2.52 bits per heavy atom. The molecule has 128 valence electrons. The molecule has 1 aromatic heterocycles. The van der Waals surface area contributed by atoms with Crippen LogP contribution in [0.3, 0.4) is 0 Å². The minimum absolute atomic E-state index is 0.0140. The molecule has 1 aromatic rings. The van der Waals surface area contributed by atoms with E-state index < -0.39 is 0 Å². The largest absolute Gasteiger partial charge is 0.459 e. The zero-order valence-corrected chi connectivity index (χ0v) is 14.4. The second-order valence-corrected chi connectivity index (χ2v) is 7.12. The molecule has 2 N–H and O–H groups in total. The van der Waals surface area contributed by atoms with Gasteiger partial charge in [-0.1, -0.05) is 27.2 Å². The second-order valence-electron chi connectivity index (χ2n) is 7.12. The van der Waals surface area contributed by atoms with Crippen LogP contribution in [0.5, 0.6) is 0 Å². The first-order valence-electron chi connectivity index (χ1n) is 8.53. The molecule has 1 aliphatic carbocycles. The van der Waals surface area contributed by atoms with E-state index in [1.165, 1.54) is 12.7 Å². The van der Waals surface area contributed by atoms with Gasteiger partial charge >= 0.3 is 0 Å². The third-order valence-corrected chi connectivity index (χ3v) is 5.26. The van der Waals surface area contributed by atoms with Crippen molar-refractivity contribution in [2.45, 2.75) is 58.9 Å². The van der Waals surface area contributed by atoms with Crippen molar-refractivity contribution in [3.63, 3.8) is 0 Å². The lowest BCUT2D eigenvalue weighted by atomic mass is 9.69. The molecule has 2 rings (SSSR count). The maximum Gasteiger partial charge on any atom is 0.287 e. The first kappa shape index (κ1) is 17.6. The van der Waals surface area contributed by atoms with Crippen molar-refractivity contribution in [3.8, 4) is 0 Å². The highest BCUT2D eigenvalue weighted by Gasteiger charge is 2.32. The minimum Gasteiger partial charge on any atom is -0.459 e. The van der Waals surface area contributed by atoms with E-state index in [1.54, 1.807) is 12.1 Å². The molecule has 5 nitrogen and oxygen atoms in total. The zero-order valence-electron chi connectivity index (χ0n) is 14.4. The summed E-state index contributed by atoms with van der Waals surface area (Å²) >= 11 is 0. The highest BCUT2D eigenvalue weighted by Crippen LogP contribution is 2.40. The third kappa shape index (κ3) is 4.85. The maximum atomic E-state index is 12.0. The van der Waals surface area contributed by atoms with Gasteiger partial charge in [-0.15, -0.1) is 0 Å². The third-order valence-electron chi connectivity index (χ3n) is 5.26. The van der Waals surface area contributed by atoms with E-state index in [1.807, 2.05) is 0 Å². The number of nitrogens with one attached hydrogen (secondary N) is 2. The SMILES string of the molecule is CCC(C)(C)C1CCC(NC(=O)CNC(=O)c2ccco2)CC1. The molecule has 0 atom stereocenters. The topological polar surface area (TPSA) is 71.3 Å². The molecule has 0 aromatic carbocycles. The van der Waals surface area contributed by atoms with Gasteiger partial charge in [-0.3, -0.25) is 9.59 Å². The molecule has 23 heavy (non-hydrogen) atoms. The molecule has 1 saturated carbocycles. The predicted molar refractivity (Wildman–Crippen MR) is 89.0 cm³/mol. The normalized spacial score (nSPS) is 21.7. The van der Waals surface area contributed by atoms with Crippen LogP contribution in [-0.2, 0) is 4.79 Å². The quantitative estimate of drug-likeness (QED) is 0.846. The summed E-state index contributed by atoms with van der Waals surface area (Å²) in [5.74, 6) is 0.459. The Hall–Kier alpha value is -1.78. The van der Waals surface area contributed by atoms with Crippen molar-refractivity contribution in [1.82, 2.24) is 10.6 Å². The highest BCUT2D eigenvalue weighted by atomic mass is 16.3. The summed E-state index contributed by atoms with van der Waals surface area (Å²) in [5.41, 5.74) is 0.381. The Morgan fingerprint density at radius 1 is 1.26 bits per heavy atom. The standard InChI is InChI=1S/C18H28N2O3/c1-4-18(2,3)13-7-9-14(10-8-13)20-16(21)12-19-17(22)15-6-5-11-23-15/h5-6,11,13-14H,4,7-10,12H2,1-3H3,(H,19,22)(H,20,21). The number of hydrogen-bond donors (Lipinski definition) is 2. The van der Waals surface area contributed by atoms with Crippen LogP contribution in [0, 0.1) is 11.3 Å². The van der Waals surface area contributed by atoms with Crippen molar-refractivity contribution in [2.75, 3.05) is 6.54 Å². The molecule has 0 saturated heterocycles. The molecule has 0 unspecified atom stereocenters. The maximum absolute atomic E-state index is 12.0.